The Morgan fingerprint density at radius 3 is 1.24 bits per heavy atom. The van der Waals surface area contributed by atoms with Crippen LogP contribution in [0.5, 0.6) is 0 Å². The fourth-order valence-corrected chi connectivity index (χ4v) is 8.54. The van der Waals surface area contributed by atoms with Gasteiger partial charge >= 0.3 is 0 Å². The second-order valence-electron chi connectivity index (χ2n) is 16.1. The van der Waals surface area contributed by atoms with Crippen LogP contribution >= 0.6 is 0 Å². The fourth-order valence-electron chi connectivity index (χ4n) is 8.54. The summed E-state index contributed by atoms with van der Waals surface area (Å²) < 4.78 is 0. The lowest BCUT2D eigenvalue weighted by Crippen LogP contribution is -2.42. The summed E-state index contributed by atoms with van der Waals surface area (Å²) in [6.07, 6.45) is 34.6. The molecule has 49 heavy (non-hydrogen) atoms. The number of hydrogen-bond acceptors (Lipinski definition) is 6. The zero-order chi connectivity index (χ0) is 34.5. The standard InChI is InChI=1S/C41H72N4O4/c1-3-5-7-9-11-13-15-17-19-36-30-38(44-48-36)40(46)42-34-25-21-32(22-26-34)29-33-23-27-35(28-24-33)43-41(47)39-31-37(49-45-39)20-18-16-14-12-10-8-6-4-2/h32-37H,3-31H2,1-2H3,(H,42,46)(H,43,47). The van der Waals surface area contributed by atoms with E-state index in [-0.39, 0.29) is 36.1 Å². The molecular formula is C41H72N4O4. The van der Waals surface area contributed by atoms with Crippen molar-refractivity contribution in [3.63, 3.8) is 0 Å². The predicted molar refractivity (Wildman–Crippen MR) is 201 cm³/mol. The molecule has 2 aliphatic carbocycles. The zero-order valence-corrected chi connectivity index (χ0v) is 31.5. The monoisotopic (exact) mass is 685 g/mol. The van der Waals surface area contributed by atoms with Crippen LogP contribution in [-0.2, 0) is 19.3 Å². The van der Waals surface area contributed by atoms with Gasteiger partial charge in [-0.3, -0.25) is 9.59 Å². The number of carbonyl (C=O) groups excluding carboxylic acids is 2. The molecule has 8 nitrogen and oxygen atoms in total. The van der Waals surface area contributed by atoms with Crippen molar-refractivity contribution in [3.8, 4) is 0 Å². The topological polar surface area (TPSA) is 101 Å². The quantitative estimate of drug-likeness (QED) is 0.0988. The Balaban J connectivity index is 0.989. The highest BCUT2D eigenvalue weighted by Crippen LogP contribution is 2.35. The molecule has 0 aromatic carbocycles. The highest BCUT2D eigenvalue weighted by molar-refractivity contribution is 6.39. The number of amides is 2. The Morgan fingerprint density at radius 1 is 0.531 bits per heavy atom. The third-order valence-electron chi connectivity index (χ3n) is 11.8. The van der Waals surface area contributed by atoms with E-state index in [1.54, 1.807) is 0 Å². The van der Waals surface area contributed by atoms with E-state index >= 15 is 0 Å². The average Bonchev–Trinajstić information content (AvgIpc) is 3.79. The minimum atomic E-state index is -0.0172. The maximum Gasteiger partial charge on any atom is 0.269 e. The molecule has 0 saturated heterocycles. The van der Waals surface area contributed by atoms with E-state index in [0.29, 0.717) is 24.3 Å². The highest BCUT2D eigenvalue weighted by atomic mass is 16.6. The summed E-state index contributed by atoms with van der Waals surface area (Å²) >= 11 is 0. The Morgan fingerprint density at radius 2 is 0.878 bits per heavy atom. The van der Waals surface area contributed by atoms with Gasteiger partial charge in [0.15, 0.2) is 0 Å². The van der Waals surface area contributed by atoms with Gasteiger partial charge in [0.2, 0.25) is 0 Å². The molecule has 0 aromatic heterocycles. The van der Waals surface area contributed by atoms with Crippen LogP contribution in [0.2, 0.25) is 0 Å². The zero-order valence-electron chi connectivity index (χ0n) is 31.5. The van der Waals surface area contributed by atoms with Crippen molar-refractivity contribution in [3.05, 3.63) is 0 Å². The summed E-state index contributed by atoms with van der Waals surface area (Å²) in [7, 11) is 0. The van der Waals surface area contributed by atoms with Gasteiger partial charge in [0, 0.05) is 24.9 Å². The lowest BCUT2D eigenvalue weighted by atomic mass is 9.75. The first kappa shape index (κ1) is 39.7. The van der Waals surface area contributed by atoms with E-state index in [1.807, 2.05) is 0 Å². The Kier molecular flexibility index (Phi) is 18.9. The van der Waals surface area contributed by atoms with Gasteiger partial charge in [-0.2, -0.15) is 0 Å². The molecular weight excluding hydrogens is 612 g/mol. The molecule has 4 rings (SSSR count). The number of hydrogen-bond donors (Lipinski definition) is 2. The van der Waals surface area contributed by atoms with E-state index in [4.69, 9.17) is 9.68 Å². The molecule has 2 aliphatic heterocycles. The summed E-state index contributed by atoms with van der Waals surface area (Å²) in [4.78, 5) is 37.0. The van der Waals surface area contributed by atoms with Gasteiger partial charge < -0.3 is 20.3 Å². The normalized spacial score (nSPS) is 26.8. The Bertz CT molecular complexity index is 921. The smallest absolute Gasteiger partial charge is 0.269 e. The van der Waals surface area contributed by atoms with Gasteiger partial charge in [-0.15, -0.1) is 0 Å². The maximum atomic E-state index is 12.9. The first-order chi connectivity index (χ1) is 24.0. The summed E-state index contributed by atoms with van der Waals surface area (Å²) in [6.45, 7) is 4.52. The van der Waals surface area contributed by atoms with Gasteiger partial charge in [0.25, 0.3) is 11.8 Å². The molecule has 2 heterocycles. The Labute approximate surface area is 299 Å². The molecule has 2 saturated carbocycles. The number of nitrogens with one attached hydrogen (secondary N) is 2. The molecule has 2 N–H and O–H groups in total. The predicted octanol–water partition coefficient (Wildman–Crippen LogP) is 10.1. The Hall–Kier alpha value is -2.12. The van der Waals surface area contributed by atoms with E-state index in [0.717, 1.165) is 63.2 Å². The van der Waals surface area contributed by atoms with E-state index < -0.39 is 0 Å². The van der Waals surface area contributed by atoms with Crippen molar-refractivity contribution in [2.75, 3.05) is 0 Å². The average molecular weight is 685 g/mol. The van der Waals surface area contributed by atoms with Crippen LogP contribution in [0.15, 0.2) is 10.3 Å². The molecule has 2 fully saturated rings. The van der Waals surface area contributed by atoms with E-state index in [9.17, 15) is 9.59 Å². The van der Waals surface area contributed by atoms with Crippen molar-refractivity contribution < 1.29 is 19.3 Å². The van der Waals surface area contributed by atoms with Crippen LogP contribution in [0.25, 0.3) is 0 Å². The molecule has 8 heteroatoms. The van der Waals surface area contributed by atoms with E-state index in [1.165, 1.54) is 122 Å². The van der Waals surface area contributed by atoms with Crippen LogP contribution in [-0.4, -0.2) is 47.5 Å². The lowest BCUT2D eigenvalue weighted by molar-refractivity contribution is -0.116. The van der Waals surface area contributed by atoms with Crippen molar-refractivity contribution in [1.29, 1.82) is 0 Å². The summed E-state index contributed by atoms with van der Waals surface area (Å²) in [5, 5.41) is 14.9. The SMILES string of the molecule is CCCCCCCCCCC1CC(C(=O)NC2CCC(CC3CCC(NC(=O)C4=NOC(CCCCCCCCCC)C4)CC3)CC2)=NO1. The molecule has 0 spiro atoms. The summed E-state index contributed by atoms with van der Waals surface area (Å²) in [5.41, 5.74) is 1.17. The second kappa shape index (κ2) is 23.4. The van der Waals surface area contributed by atoms with Crippen LogP contribution in [0.1, 0.15) is 200 Å². The minimum absolute atomic E-state index is 0.0172. The number of rotatable bonds is 24. The van der Waals surface area contributed by atoms with Crippen LogP contribution in [0, 0.1) is 11.8 Å². The molecule has 2 atom stereocenters. The molecule has 4 aliphatic rings. The molecule has 0 radical (unpaired) electrons. The summed E-state index contributed by atoms with van der Waals surface area (Å²) in [6, 6.07) is 0.512. The number of oxime groups is 2. The first-order valence-electron chi connectivity index (χ1n) is 21.1. The third kappa shape index (κ3) is 15.3. The van der Waals surface area contributed by atoms with Crippen LogP contribution in [0.3, 0.4) is 0 Å². The lowest BCUT2D eigenvalue weighted by Gasteiger charge is -2.34. The van der Waals surface area contributed by atoms with Crippen molar-refractivity contribution in [2.45, 2.75) is 224 Å². The van der Waals surface area contributed by atoms with Crippen molar-refractivity contribution in [2.24, 2.45) is 22.1 Å². The maximum absolute atomic E-state index is 12.9. The van der Waals surface area contributed by atoms with Gasteiger partial charge in [-0.25, -0.2) is 0 Å². The first-order valence-corrected chi connectivity index (χ1v) is 21.1. The highest BCUT2D eigenvalue weighted by Gasteiger charge is 2.32. The number of nitrogens with zero attached hydrogens (tertiary/aromatic N) is 2. The van der Waals surface area contributed by atoms with Crippen LogP contribution < -0.4 is 10.6 Å². The molecule has 280 valence electrons. The van der Waals surface area contributed by atoms with Crippen LogP contribution in [0.4, 0.5) is 0 Å². The van der Waals surface area contributed by atoms with E-state index in [2.05, 4.69) is 34.8 Å². The molecule has 0 bridgehead atoms. The number of carbonyl (C=O) groups is 2. The van der Waals surface area contributed by atoms with Gasteiger partial charge in [0.05, 0.1) is 0 Å². The van der Waals surface area contributed by atoms with Crippen molar-refractivity contribution >= 4 is 23.2 Å². The second-order valence-corrected chi connectivity index (χ2v) is 16.1. The summed E-state index contributed by atoms with van der Waals surface area (Å²) in [5.74, 6) is 1.46. The van der Waals surface area contributed by atoms with Gasteiger partial charge in [0.1, 0.15) is 23.6 Å². The largest absolute Gasteiger partial charge is 0.392 e. The molecule has 2 unspecified atom stereocenters. The van der Waals surface area contributed by atoms with Crippen molar-refractivity contribution in [1.82, 2.24) is 10.6 Å². The fraction of sp³-hybridized carbons (Fsp3) is 0.902. The van der Waals surface area contributed by atoms with Gasteiger partial charge in [-0.05, 0) is 95.3 Å². The minimum Gasteiger partial charge on any atom is -0.392 e. The molecule has 0 aromatic rings. The third-order valence-corrected chi connectivity index (χ3v) is 11.8. The number of unbranched alkanes of at least 4 members (excludes halogenated alkanes) is 14. The van der Waals surface area contributed by atoms with Gasteiger partial charge in [-0.1, -0.05) is 114 Å². The molecule has 2 amide bonds.